The molecule has 0 N–H and O–H groups in total. The minimum atomic E-state index is 0.929. The van der Waals surface area contributed by atoms with Gasteiger partial charge in [0.25, 0.3) is 0 Å². The predicted octanol–water partition coefficient (Wildman–Crippen LogP) is 2.18. The zero-order chi connectivity index (χ0) is 17.2. The first-order chi connectivity index (χ1) is 12.2. The van der Waals surface area contributed by atoms with E-state index in [0.717, 1.165) is 57.2 Å². The molecule has 1 saturated heterocycles. The van der Waals surface area contributed by atoms with Gasteiger partial charge < -0.3 is 8.97 Å². The molecule has 0 amide bonds. The molecule has 1 aliphatic rings. The molecule has 0 aliphatic carbocycles. The van der Waals surface area contributed by atoms with Crippen molar-refractivity contribution in [3.05, 3.63) is 54.0 Å². The Morgan fingerprint density at radius 3 is 2.52 bits per heavy atom. The molecule has 0 radical (unpaired) electrons. The summed E-state index contributed by atoms with van der Waals surface area (Å²) in [7, 11) is 0. The Morgan fingerprint density at radius 2 is 1.80 bits per heavy atom. The number of hydrogen-bond donors (Lipinski definition) is 0. The lowest BCUT2D eigenvalue weighted by Gasteiger charge is -2.34. The first-order valence-corrected chi connectivity index (χ1v) is 9.11. The summed E-state index contributed by atoms with van der Waals surface area (Å²) in [5.41, 5.74) is 3.43. The van der Waals surface area contributed by atoms with E-state index in [4.69, 9.17) is 4.98 Å². The lowest BCUT2D eigenvalue weighted by atomic mass is 10.3. The van der Waals surface area contributed by atoms with Crippen LogP contribution in [0.15, 0.2) is 36.8 Å². The Morgan fingerprint density at radius 1 is 1.04 bits per heavy atom. The molecule has 3 aromatic heterocycles. The van der Waals surface area contributed by atoms with E-state index in [9.17, 15) is 0 Å². The van der Waals surface area contributed by atoms with Crippen LogP contribution in [0.1, 0.15) is 24.1 Å². The van der Waals surface area contributed by atoms with Gasteiger partial charge >= 0.3 is 0 Å². The maximum Gasteiger partial charge on any atom is 0.137 e. The number of aromatic nitrogens is 4. The van der Waals surface area contributed by atoms with E-state index in [1.807, 2.05) is 6.20 Å². The molecule has 3 aromatic rings. The van der Waals surface area contributed by atoms with Crippen molar-refractivity contribution < 1.29 is 0 Å². The molecule has 0 unspecified atom stereocenters. The van der Waals surface area contributed by atoms with Crippen molar-refractivity contribution in [1.82, 2.24) is 28.7 Å². The monoisotopic (exact) mass is 338 g/mol. The van der Waals surface area contributed by atoms with Crippen molar-refractivity contribution in [2.24, 2.45) is 0 Å². The van der Waals surface area contributed by atoms with Gasteiger partial charge in [0.2, 0.25) is 0 Å². The third kappa shape index (κ3) is 3.45. The Hall–Kier alpha value is -2.18. The van der Waals surface area contributed by atoms with E-state index in [1.165, 1.54) is 11.5 Å². The highest BCUT2D eigenvalue weighted by molar-refractivity contribution is 5.41. The third-order valence-corrected chi connectivity index (χ3v) is 5.10. The maximum atomic E-state index is 4.76. The smallest absolute Gasteiger partial charge is 0.137 e. The van der Waals surface area contributed by atoms with E-state index in [-0.39, 0.29) is 0 Å². The van der Waals surface area contributed by atoms with Gasteiger partial charge in [-0.15, -0.1) is 0 Å². The summed E-state index contributed by atoms with van der Waals surface area (Å²) in [6, 6.07) is 6.27. The van der Waals surface area contributed by atoms with Crippen molar-refractivity contribution in [3.63, 3.8) is 0 Å². The number of fused-ring (bicyclic) bond motifs is 1. The highest BCUT2D eigenvalue weighted by atomic mass is 15.3. The summed E-state index contributed by atoms with van der Waals surface area (Å²) in [6.45, 7) is 11.5. The fourth-order valence-electron chi connectivity index (χ4n) is 3.59. The highest BCUT2D eigenvalue weighted by Crippen LogP contribution is 2.13. The van der Waals surface area contributed by atoms with Gasteiger partial charge in [-0.1, -0.05) is 6.07 Å². The fourth-order valence-corrected chi connectivity index (χ4v) is 3.59. The number of imidazole rings is 2. The minimum absolute atomic E-state index is 0.929. The quantitative estimate of drug-likeness (QED) is 0.715. The third-order valence-electron chi connectivity index (χ3n) is 5.10. The number of piperazine rings is 1. The highest BCUT2D eigenvalue weighted by Gasteiger charge is 2.19. The largest absolute Gasteiger partial charge is 0.334 e. The molecule has 0 aromatic carbocycles. The molecule has 6 heteroatoms. The van der Waals surface area contributed by atoms with Crippen LogP contribution in [0.4, 0.5) is 0 Å². The van der Waals surface area contributed by atoms with Crippen molar-refractivity contribution in [2.75, 3.05) is 26.2 Å². The van der Waals surface area contributed by atoms with E-state index in [0.29, 0.717) is 0 Å². The SMILES string of the molecule is CCn1ccnc1CN1CCN(Cc2cn3c(C)cccc3n2)CC1. The molecule has 1 fully saturated rings. The molecule has 4 heterocycles. The van der Waals surface area contributed by atoms with Gasteiger partial charge in [-0.2, -0.15) is 0 Å². The van der Waals surface area contributed by atoms with Crippen molar-refractivity contribution in [2.45, 2.75) is 33.5 Å². The molecule has 132 valence electrons. The molecule has 0 bridgehead atoms. The molecule has 0 atom stereocenters. The molecule has 4 rings (SSSR count). The number of rotatable bonds is 5. The molecular formula is C19H26N6. The summed E-state index contributed by atoms with van der Waals surface area (Å²) in [5, 5.41) is 0. The van der Waals surface area contributed by atoms with E-state index in [2.05, 4.69) is 68.2 Å². The fraction of sp³-hybridized carbons (Fsp3) is 0.474. The van der Waals surface area contributed by atoms with Crippen LogP contribution in [0.2, 0.25) is 0 Å². The van der Waals surface area contributed by atoms with Gasteiger partial charge in [0.15, 0.2) is 0 Å². The number of pyridine rings is 1. The zero-order valence-corrected chi connectivity index (χ0v) is 15.1. The number of nitrogens with zero attached hydrogens (tertiary/aromatic N) is 6. The van der Waals surface area contributed by atoms with Crippen LogP contribution >= 0.6 is 0 Å². The minimum Gasteiger partial charge on any atom is -0.334 e. The second-order valence-corrected chi connectivity index (χ2v) is 6.81. The van der Waals surface area contributed by atoms with Gasteiger partial charge in [-0.05, 0) is 26.0 Å². The first-order valence-electron chi connectivity index (χ1n) is 9.11. The second kappa shape index (κ2) is 6.98. The second-order valence-electron chi connectivity index (χ2n) is 6.81. The Bertz CT molecular complexity index is 841. The first kappa shape index (κ1) is 16.3. The van der Waals surface area contributed by atoms with Crippen LogP contribution in [-0.4, -0.2) is 54.9 Å². The van der Waals surface area contributed by atoms with E-state index >= 15 is 0 Å². The Balaban J connectivity index is 1.34. The van der Waals surface area contributed by atoms with Crippen LogP contribution in [0.5, 0.6) is 0 Å². The lowest BCUT2D eigenvalue weighted by Crippen LogP contribution is -2.45. The van der Waals surface area contributed by atoms with Crippen molar-refractivity contribution in [3.8, 4) is 0 Å². The summed E-state index contributed by atoms with van der Waals surface area (Å²) in [4.78, 5) is 14.3. The maximum absolute atomic E-state index is 4.76. The average molecular weight is 338 g/mol. The summed E-state index contributed by atoms with van der Waals surface area (Å²) in [5.74, 6) is 1.17. The lowest BCUT2D eigenvalue weighted by molar-refractivity contribution is 0.118. The van der Waals surface area contributed by atoms with Crippen LogP contribution in [0.25, 0.3) is 5.65 Å². The Labute approximate surface area is 148 Å². The van der Waals surface area contributed by atoms with Crippen LogP contribution in [-0.2, 0) is 19.6 Å². The van der Waals surface area contributed by atoms with Crippen LogP contribution < -0.4 is 0 Å². The van der Waals surface area contributed by atoms with E-state index in [1.54, 1.807) is 0 Å². The van der Waals surface area contributed by atoms with E-state index < -0.39 is 0 Å². The molecule has 1 aliphatic heterocycles. The van der Waals surface area contributed by atoms with Crippen LogP contribution in [0, 0.1) is 6.92 Å². The van der Waals surface area contributed by atoms with Gasteiger partial charge in [-0.25, -0.2) is 9.97 Å². The van der Waals surface area contributed by atoms with Crippen molar-refractivity contribution in [1.29, 1.82) is 0 Å². The molecule has 25 heavy (non-hydrogen) atoms. The average Bonchev–Trinajstić information content (AvgIpc) is 3.23. The number of aryl methyl sites for hydroxylation is 2. The van der Waals surface area contributed by atoms with Gasteiger partial charge in [0.05, 0.1) is 12.2 Å². The summed E-state index contributed by atoms with van der Waals surface area (Å²) < 4.78 is 4.40. The standard InChI is InChI=1S/C19H26N6/c1-3-24-8-7-20-19(24)15-23-11-9-22(10-12-23)13-17-14-25-16(2)5-4-6-18(25)21-17/h4-8,14H,3,9-13,15H2,1-2H3. The van der Waals surface area contributed by atoms with Gasteiger partial charge in [0, 0.05) is 63.6 Å². The topological polar surface area (TPSA) is 41.6 Å². The molecule has 0 saturated carbocycles. The molecule has 0 spiro atoms. The molecule has 6 nitrogen and oxygen atoms in total. The van der Waals surface area contributed by atoms with Gasteiger partial charge in [-0.3, -0.25) is 9.80 Å². The van der Waals surface area contributed by atoms with Crippen molar-refractivity contribution >= 4 is 5.65 Å². The van der Waals surface area contributed by atoms with Crippen LogP contribution in [0.3, 0.4) is 0 Å². The Kier molecular flexibility index (Phi) is 4.55. The number of hydrogen-bond acceptors (Lipinski definition) is 4. The molecular weight excluding hydrogens is 312 g/mol. The normalized spacial score (nSPS) is 16.7. The predicted molar refractivity (Wildman–Crippen MR) is 98.4 cm³/mol. The summed E-state index contributed by atoms with van der Waals surface area (Å²) >= 11 is 0. The zero-order valence-electron chi connectivity index (χ0n) is 15.1. The van der Waals surface area contributed by atoms with Gasteiger partial charge in [0.1, 0.15) is 11.5 Å². The summed E-state index contributed by atoms with van der Waals surface area (Å²) in [6.07, 6.45) is 6.15.